The Morgan fingerprint density at radius 3 is 2.56 bits per heavy atom. The molecule has 0 aliphatic carbocycles. The summed E-state index contributed by atoms with van der Waals surface area (Å²) in [6, 6.07) is 12.1. The van der Waals surface area contributed by atoms with Crippen molar-refractivity contribution in [3.63, 3.8) is 0 Å². The topological polar surface area (TPSA) is 29.5 Å². The SMILES string of the molecule is OCc1cc(Cl)cc(F)c1OCc1ccccc1. The molecule has 2 aromatic carbocycles. The predicted octanol–water partition coefficient (Wildman–Crippen LogP) is 3.55. The molecule has 0 heterocycles. The number of hydrogen-bond acceptors (Lipinski definition) is 2. The first-order chi connectivity index (χ1) is 8.70. The summed E-state index contributed by atoms with van der Waals surface area (Å²) in [5.74, 6) is -0.520. The van der Waals surface area contributed by atoms with Crippen molar-refractivity contribution in [2.45, 2.75) is 13.2 Å². The van der Waals surface area contributed by atoms with Crippen LogP contribution >= 0.6 is 11.6 Å². The zero-order chi connectivity index (χ0) is 13.0. The Balaban J connectivity index is 2.19. The molecule has 18 heavy (non-hydrogen) atoms. The summed E-state index contributed by atoms with van der Waals surface area (Å²) < 4.78 is 19.1. The lowest BCUT2D eigenvalue weighted by atomic mass is 10.2. The van der Waals surface area contributed by atoms with Gasteiger partial charge in [-0.1, -0.05) is 41.9 Å². The Kier molecular flexibility index (Phi) is 4.18. The molecule has 94 valence electrons. The first-order valence-corrected chi connectivity index (χ1v) is 5.84. The summed E-state index contributed by atoms with van der Waals surface area (Å²) in [6.45, 7) is -0.0754. The highest BCUT2D eigenvalue weighted by Gasteiger charge is 2.11. The minimum absolute atomic E-state index is 0.0470. The fourth-order valence-electron chi connectivity index (χ4n) is 1.62. The van der Waals surface area contributed by atoms with E-state index in [4.69, 9.17) is 21.4 Å². The van der Waals surface area contributed by atoms with Crippen LogP contribution in [0.4, 0.5) is 4.39 Å². The number of rotatable bonds is 4. The Morgan fingerprint density at radius 1 is 1.17 bits per heavy atom. The molecule has 0 radical (unpaired) electrons. The lowest BCUT2D eigenvalue weighted by Crippen LogP contribution is -2.01. The number of benzene rings is 2. The van der Waals surface area contributed by atoms with E-state index in [1.807, 2.05) is 30.3 Å². The molecular weight excluding hydrogens is 255 g/mol. The lowest BCUT2D eigenvalue weighted by molar-refractivity contribution is 0.251. The van der Waals surface area contributed by atoms with Crippen molar-refractivity contribution in [1.82, 2.24) is 0 Å². The van der Waals surface area contributed by atoms with E-state index in [0.717, 1.165) is 5.56 Å². The summed E-state index contributed by atoms with van der Waals surface area (Å²) in [6.07, 6.45) is 0. The van der Waals surface area contributed by atoms with Crippen LogP contribution < -0.4 is 4.74 Å². The molecule has 0 fully saturated rings. The molecule has 2 aromatic rings. The molecule has 1 N–H and O–H groups in total. The number of ether oxygens (including phenoxy) is 1. The maximum atomic E-state index is 13.7. The van der Waals surface area contributed by atoms with Crippen LogP contribution in [0, 0.1) is 5.82 Å². The highest BCUT2D eigenvalue weighted by Crippen LogP contribution is 2.27. The summed E-state index contributed by atoms with van der Waals surface area (Å²) in [4.78, 5) is 0. The summed E-state index contributed by atoms with van der Waals surface area (Å²) >= 11 is 5.71. The molecule has 2 rings (SSSR count). The standard InChI is InChI=1S/C14H12ClFO2/c15-12-6-11(8-17)14(13(16)7-12)18-9-10-4-2-1-3-5-10/h1-7,17H,8-9H2. The molecule has 0 saturated heterocycles. The average molecular weight is 267 g/mol. The van der Waals surface area contributed by atoms with Crippen LogP contribution in [0.2, 0.25) is 5.02 Å². The van der Waals surface area contributed by atoms with Crippen LogP contribution in [0.1, 0.15) is 11.1 Å². The molecular formula is C14H12ClFO2. The molecule has 0 saturated carbocycles. The van der Waals surface area contributed by atoms with Gasteiger partial charge in [0.05, 0.1) is 6.61 Å². The monoisotopic (exact) mass is 266 g/mol. The predicted molar refractivity (Wildman–Crippen MR) is 68.1 cm³/mol. The normalized spacial score (nSPS) is 10.4. The first kappa shape index (κ1) is 12.9. The van der Waals surface area contributed by atoms with Gasteiger partial charge >= 0.3 is 0 Å². The van der Waals surface area contributed by atoms with Gasteiger partial charge in [-0.05, 0) is 17.7 Å². The Labute approximate surface area is 110 Å². The van der Waals surface area contributed by atoms with E-state index in [9.17, 15) is 4.39 Å². The van der Waals surface area contributed by atoms with Gasteiger partial charge in [0, 0.05) is 10.6 Å². The Hall–Kier alpha value is -1.58. The smallest absolute Gasteiger partial charge is 0.166 e. The van der Waals surface area contributed by atoms with E-state index < -0.39 is 5.82 Å². The van der Waals surface area contributed by atoms with E-state index >= 15 is 0 Å². The molecule has 0 bridgehead atoms. The third-order valence-electron chi connectivity index (χ3n) is 2.48. The van der Waals surface area contributed by atoms with Crippen LogP contribution in [0.15, 0.2) is 42.5 Å². The minimum atomic E-state index is -0.567. The third kappa shape index (κ3) is 3.00. The van der Waals surface area contributed by atoms with Gasteiger partial charge in [0.15, 0.2) is 11.6 Å². The fraction of sp³-hybridized carbons (Fsp3) is 0.143. The van der Waals surface area contributed by atoms with E-state index in [-0.39, 0.29) is 24.0 Å². The molecule has 4 heteroatoms. The summed E-state index contributed by atoms with van der Waals surface area (Å²) in [7, 11) is 0. The number of hydrogen-bond donors (Lipinski definition) is 1. The maximum Gasteiger partial charge on any atom is 0.166 e. The molecule has 2 nitrogen and oxygen atoms in total. The van der Waals surface area contributed by atoms with Gasteiger partial charge in [-0.15, -0.1) is 0 Å². The number of aliphatic hydroxyl groups excluding tert-OH is 1. The highest BCUT2D eigenvalue weighted by atomic mass is 35.5. The molecule has 0 unspecified atom stereocenters. The van der Waals surface area contributed by atoms with E-state index in [2.05, 4.69) is 0 Å². The van der Waals surface area contributed by atoms with Crippen molar-refractivity contribution < 1.29 is 14.2 Å². The van der Waals surface area contributed by atoms with Gasteiger partial charge in [-0.2, -0.15) is 0 Å². The molecule has 0 aromatic heterocycles. The van der Waals surface area contributed by atoms with Gasteiger partial charge in [0.25, 0.3) is 0 Å². The molecule has 0 spiro atoms. The lowest BCUT2D eigenvalue weighted by Gasteiger charge is -2.11. The minimum Gasteiger partial charge on any atom is -0.485 e. The third-order valence-corrected chi connectivity index (χ3v) is 2.70. The zero-order valence-corrected chi connectivity index (χ0v) is 10.3. The van der Waals surface area contributed by atoms with E-state index in [0.29, 0.717) is 5.56 Å². The van der Waals surface area contributed by atoms with E-state index in [1.165, 1.54) is 12.1 Å². The second kappa shape index (κ2) is 5.85. The molecule has 0 aliphatic rings. The number of halogens is 2. The fourth-order valence-corrected chi connectivity index (χ4v) is 1.85. The highest BCUT2D eigenvalue weighted by molar-refractivity contribution is 6.30. The van der Waals surface area contributed by atoms with Gasteiger partial charge in [-0.3, -0.25) is 0 Å². The first-order valence-electron chi connectivity index (χ1n) is 5.46. The van der Waals surface area contributed by atoms with Gasteiger partial charge < -0.3 is 9.84 Å². The zero-order valence-electron chi connectivity index (χ0n) is 9.57. The van der Waals surface area contributed by atoms with Gasteiger partial charge in [-0.25, -0.2) is 4.39 Å². The van der Waals surface area contributed by atoms with Crippen molar-refractivity contribution in [3.8, 4) is 5.75 Å². The summed E-state index contributed by atoms with van der Waals surface area (Å²) in [5.41, 5.74) is 1.27. The van der Waals surface area contributed by atoms with Crippen LogP contribution in [0.3, 0.4) is 0 Å². The number of aliphatic hydroxyl groups is 1. The van der Waals surface area contributed by atoms with Crippen LogP contribution in [0.25, 0.3) is 0 Å². The Morgan fingerprint density at radius 2 is 1.89 bits per heavy atom. The largest absolute Gasteiger partial charge is 0.485 e. The van der Waals surface area contributed by atoms with Crippen LogP contribution in [0.5, 0.6) is 5.75 Å². The second-order valence-corrected chi connectivity index (χ2v) is 4.24. The molecule has 0 amide bonds. The van der Waals surface area contributed by atoms with Crippen molar-refractivity contribution in [1.29, 1.82) is 0 Å². The molecule has 0 atom stereocenters. The van der Waals surface area contributed by atoms with Crippen molar-refractivity contribution in [2.75, 3.05) is 0 Å². The second-order valence-electron chi connectivity index (χ2n) is 3.81. The van der Waals surface area contributed by atoms with Crippen LogP contribution in [-0.2, 0) is 13.2 Å². The van der Waals surface area contributed by atoms with Crippen molar-refractivity contribution in [3.05, 3.63) is 64.4 Å². The Bertz CT molecular complexity index is 529. The average Bonchev–Trinajstić information content (AvgIpc) is 2.38. The quantitative estimate of drug-likeness (QED) is 0.917. The maximum absolute atomic E-state index is 13.7. The van der Waals surface area contributed by atoms with Crippen molar-refractivity contribution >= 4 is 11.6 Å². The van der Waals surface area contributed by atoms with Gasteiger partial charge in [0.2, 0.25) is 0 Å². The van der Waals surface area contributed by atoms with Crippen LogP contribution in [-0.4, -0.2) is 5.11 Å². The van der Waals surface area contributed by atoms with Gasteiger partial charge in [0.1, 0.15) is 6.61 Å². The van der Waals surface area contributed by atoms with Crippen molar-refractivity contribution in [2.24, 2.45) is 0 Å². The summed E-state index contributed by atoms with van der Waals surface area (Å²) in [5, 5.41) is 9.40. The molecule has 0 aliphatic heterocycles. The van der Waals surface area contributed by atoms with E-state index in [1.54, 1.807) is 0 Å².